The van der Waals surface area contributed by atoms with Gasteiger partial charge in [-0.2, -0.15) is 0 Å². The van der Waals surface area contributed by atoms with Crippen LogP contribution in [0.2, 0.25) is 0 Å². The highest BCUT2D eigenvalue weighted by atomic mass is 32.1. The van der Waals surface area contributed by atoms with Gasteiger partial charge in [0, 0.05) is 18.3 Å². The molecule has 6 heteroatoms. The Balaban J connectivity index is 1.77. The fraction of sp³-hybridized carbons (Fsp3) is 0. The lowest BCUT2D eigenvalue weighted by atomic mass is 10.2. The molecule has 0 N–H and O–H groups in total. The molecule has 3 aromatic rings. The molecule has 5 nitrogen and oxygen atoms in total. The summed E-state index contributed by atoms with van der Waals surface area (Å²) in [5.41, 5.74) is 1.87. The zero-order valence-corrected chi connectivity index (χ0v) is 12.2. The molecule has 0 aliphatic carbocycles. The Kier molecular flexibility index (Phi) is 4.02. The number of nitrogens with zero attached hydrogens (tertiary/aromatic N) is 3. The van der Waals surface area contributed by atoms with Gasteiger partial charge in [0.1, 0.15) is 0 Å². The lowest BCUT2D eigenvalue weighted by Crippen LogP contribution is -1.85. The maximum atomic E-state index is 10.7. The van der Waals surface area contributed by atoms with Gasteiger partial charge in [-0.05, 0) is 17.7 Å². The third-order valence-corrected chi connectivity index (χ3v) is 3.86. The lowest BCUT2D eigenvalue weighted by Gasteiger charge is -1.88. The first-order valence-electron chi connectivity index (χ1n) is 6.53. The van der Waals surface area contributed by atoms with Gasteiger partial charge in [0.15, 0.2) is 0 Å². The maximum Gasteiger partial charge on any atom is 0.270 e. The van der Waals surface area contributed by atoms with Crippen LogP contribution >= 0.6 is 11.3 Å². The van der Waals surface area contributed by atoms with Crippen LogP contribution < -0.4 is 0 Å². The van der Waals surface area contributed by atoms with E-state index in [0.29, 0.717) is 5.13 Å². The molecule has 2 aromatic carbocycles. The minimum absolute atomic E-state index is 0.0654. The van der Waals surface area contributed by atoms with Crippen molar-refractivity contribution >= 4 is 44.7 Å². The van der Waals surface area contributed by atoms with Crippen molar-refractivity contribution in [2.24, 2.45) is 4.99 Å². The first-order chi connectivity index (χ1) is 10.7. The summed E-state index contributed by atoms with van der Waals surface area (Å²) in [6.07, 6.45) is 5.45. The highest BCUT2D eigenvalue weighted by molar-refractivity contribution is 7.22. The fourth-order valence-corrected chi connectivity index (χ4v) is 2.75. The quantitative estimate of drug-likeness (QED) is 0.401. The van der Waals surface area contributed by atoms with E-state index in [1.807, 2.05) is 42.5 Å². The van der Waals surface area contributed by atoms with Crippen molar-refractivity contribution in [1.82, 2.24) is 4.98 Å². The molecule has 0 spiro atoms. The van der Waals surface area contributed by atoms with Crippen LogP contribution in [-0.2, 0) is 0 Å². The molecule has 0 unspecified atom stereocenters. The SMILES string of the molecule is O=[N+]([O-])c1ccc2nc(/N=C/C=C\c3ccccc3)sc2c1. The van der Waals surface area contributed by atoms with Crippen LogP contribution in [-0.4, -0.2) is 16.1 Å². The average molecular weight is 309 g/mol. The van der Waals surface area contributed by atoms with Gasteiger partial charge in [-0.1, -0.05) is 47.7 Å². The van der Waals surface area contributed by atoms with Crippen LogP contribution in [0.5, 0.6) is 0 Å². The molecule has 0 bridgehead atoms. The van der Waals surface area contributed by atoms with E-state index in [1.165, 1.54) is 23.5 Å². The van der Waals surface area contributed by atoms with Crippen LogP contribution in [0.25, 0.3) is 16.3 Å². The standard InChI is InChI=1S/C16H11N3O2S/c20-19(21)13-8-9-14-15(11-13)22-16(18-14)17-10-4-7-12-5-2-1-3-6-12/h1-11H/b7-4-,17-10+. The molecule has 0 radical (unpaired) electrons. The molecule has 0 saturated heterocycles. The highest BCUT2D eigenvalue weighted by Gasteiger charge is 2.09. The van der Waals surface area contributed by atoms with Gasteiger partial charge in [-0.15, -0.1) is 0 Å². The first-order valence-corrected chi connectivity index (χ1v) is 7.35. The number of benzene rings is 2. The summed E-state index contributed by atoms with van der Waals surface area (Å²) in [5, 5.41) is 11.3. The zero-order chi connectivity index (χ0) is 15.4. The molecule has 1 aromatic heterocycles. The number of hydrogen-bond donors (Lipinski definition) is 0. The van der Waals surface area contributed by atoms with E-state index in [9.17, 15) is 10.1 Å². The van der Waals surface area contributed by atoms with E-state index in [0.717, 1.165) is 15.8 Å². The topological polar surface area (TPSA) is 68.4 Å². The van der Waals surface area contributed by atoms with Crippen molar-refractivity contribution in [3.05, 3.63) is 70.3 Å². The number of fused-ring (bicyclic) bond motifs is 1. The summed E-state index contributed by atoms with van der Waals surface area (Å²) in [6.45, 7) is 0. The third-order valence-electron chi connectivity index (χ3n) is 2.93. The van der Waals surface area contributed by atoms with E-state index in [-0.39, 0.29) is 5.69 Å². The van der Waals surface area contributed by atoms with Crippen molar-refractivity contribution in [3.8, 4) is 0 Å². The van der Waals surface area contributed by atoms with Crippen molar-refractivity contribution in [3.63, 3.8) is 0 Å². The molecule has 22 heavy (non-hydrogen) atoms. The summed E-state index contributed by atoms with van der Waals surface area (Å²) in [6, 6.07) is 14.5. The second-order valence-electron chi connectivity index (χ2n) is 4.45. The van der Waals surface area contributed by atoms with Gasteiger partial charge in [0.05, 0.1) is 15.1 Å². The number of nitro groups is 1. The summed E-state index contributed by atoms with van der Waals surface area (Å²) in [5.74, 6) is 0. The number of aromatic nitrogens is 1. The number of non-ortho nitro benzene ring substituents is 1. The lowest BCUT2D eigenvalue weighted by molar-refractivity contribution is -0.384. The predicted octanol–water partition coefficient (Wildman–Crippen LogP) is 4.62. The third kappa shape index (κ3) is 3.24. The Labute approximate surface area is 130 Å². The Bertz CT molecular complexity index is 869. The molecule has 0 fully saturated rings. The molecular weight excluding hydrogens is 298 g/mol. The van der Waals surface area contributed by atoms with Crippen LogP contribution in [0.15, 0.2) is 59.6 Å². The largest absolute Gasteiger partial charge is 0.270 e. The van der Waals surface area contributed by atoms with Crippen LogP contribution in [0.3, 0.4) is 0 Å². The number of thiazole rings is 1. The summed E-state index contributed by atoms with van der Waals surface area (Å²) >= 11 is 1.33. The fourth-order valence-electron chi connectivity index (χ4n) is 1.90. The summed E-state index contributed by atoms with van der Waals surface area (Å²) in [7, 11) is 0. The van der Waals surface area contributed by atoms with Crippen molar-refractivity contribution in [2.45, 2.75) is 0 Å². The minimum Gasteiger partial charge on any atom is -0.258 e. The van der Waals surface area contributed by atoms with Gasteiger partial charge in [0.25, 0.3) is 5.69 Å². The average Bonchev–Trinajstić information content (AvgIpc) is 2.94. The van der Waals surface area contributed by atoms with E-state index < -0.39 is 4.92 Å². The highest BCUT2D eigenvalue weighted by Crippen LogP contribution is 2.30. The molecule has 0 aliphatic heterocycles. The van der Waals surface area contributed by atoms with Crippen molar-refractivity contribution in [2.75, 3.05) is 0 Å². The van der Waals surface area contributed by atoms with E-state index in [1.54, 1.807) is 12.3 Å². The molecule has 0 saturated carbocycles. The van der Waals surface area contributed by atoms with Crippen LogP contribution in [0.1, 0.15) is 5.56 Å². The Morgan fingerprint density at radius 2 is 2.00 bits per heavy atom. The van der Waals surface area contributed by atoms with Gasteiger partial charge in [0.2, 0.25) is 5.13 Å². The van der Waals surface area contributed by atoms with Crippen LogP contribution in [0.4, 0.5) is 10.8 Å². The normalized spacial score (nSPS) is 11.6. The number of hydrogen-bond acceptors (Lipinski definition) is 5. The first kappa shape index (κ1) is 14.1. The van der Waals surface area contributed by atoms with E-state index in [2.05, 4.69) is 9.98 Å². The number of aliphatic imine (C=N–C) groups is 1. The smallest absolute Gasteiger partial charge is 0.258 e. The molecule has 3 rings (SSSR count). The molecule has 108 valence electrons. The second-order valence-corrected chi connectivity index (χ2v) is 5.46. The molecule has 0 atom stereocenters. The summed E-state index contributed by atoms with van der Waals surface area (Å²) in [4.78, 5) is 18.9. The van der Waals surface area contributed by atoms with Gasteiger partial charge >= 0.3 is 0 Å². The molecule has 0 amide bonds. The van der Waals surface area contributed by atoms with Gasteiger partial charge in [-0.3, -0.25) is 10.1 Å². The predicted molar refractivity (Wildman–Crippen MR) is 89.9 cm³/mol. The Morgan fingerprint density at radius 3 is 2.77 bits per heavy atom. The number of nitro benzene ring substituents is 1. The monoisotopic (exact) mass is 309 g/mol. The molecule has 1 heterocycles. The van der Waals surface area contributed by atoms with Crippen molar-refractivity contribution in [1.29, 1.82) is 0 Å². The van der Waals surface area contributed by atoms with Crippen LogP contribution in [0, 0.1) is 10.1 Å². The zero-order valence-electron chi connectivity index (χ0n) is 11.4. The van der Waals surface area contributed by atoms with Gasteiger partial charge < -0.3 is 0 Å². The van der Waals surface area contributed by atoms with Crippen molar-refractivity contribution < 1.29 is 4.92 Å². The van der Waals surface area contributed by atoms with E-state index >= 15 is 0 Å². The second kappa shape index (κ2) is 6.28. The van der Waals surface area contributed by atoms with E-state index in [4.69, 9.17) is 0 Å². The Hall–Kier alpha value is -2.86. The molecular formula is C16H11N3O2S. The number of rotatable bonds is 4. The van der Waals surface area contributed by atoms with Gasteiger partial charge in [-0.25, -0.2) is 9.98 Å². The maximum absolute atomic E-state index is 10.7. The number of allylic oxidation sites excluding steroid dienone is 1. The summed E-state index contributed by atoms with van der Waals surface area (Å²) < 4.78 is 0.758. The molecule has 0 aliphatic rings. The Morgan fingerprint density at radius 1 is 1.18 bits per heavy atom. The minimum atomic E-state index is -0.412.